The van der Waals surface area contributed by atoms with Crippen LogP contribution in [0.15, 0.2) is 64.6 Å². The number of anilines is 2. The molecule has 1 unspecified atom stereocenters. The topological polar surface area (TPSA) is 89.8 Å². The van der Waals surface area contributed by atoms with Gasteiger partial charge in [-0.15, -0.1) is 0 Å². The molecule has 3 heterocycles. The molecule has 1 aromatic carbocycles. The van der Waals surface area contributed by atoms with Gasteiger partial charge in [-0.1, -0.05) is 6.92 Å². The first-order valence-corrected chi connectivity index (χ1v) is 9.84. The molecule has 0 radical (unpaired) electrons. The zero-order chi connectivity index (χ0) is 19.5. The van der Waals surface area contributed by atoms with Crippen LogP contribution in [0.3, 0.4) is 0 Å². The summed E-state index contributed by atoms with van der Waals surface area (Å²) >= 11 is 1.62. The smallest absolute Gasteiger partial charge is 0.233 e. The van der Waals surface area contributed by atoms with E-state index in [-0.39, 0.29) is 5.91 Å². The summed E-state index contributed by atoms with van der Waals surface area (Å²) in [5.74, 6) is 2.71. The minimum Gasteiger partial charge on any atom is -0.326 e. The van der Waals surface area contributed by atoms with E-state index in [1.165, 1.54) is 6.92 Å². The Morgan fingerprint density at radius 3 is 2.89 bits per heavy atom. The van der Waals surface area contributed by atoms with Crippen molar-refractivity contribution in [2.24, 2.45) is 4.99 Å². The first kappa shape index (κ1) is 18.3. The second-order valence-electron chi connectivity index (χ2n) is 6.48. The Morgan fingerprint density at radius 2 is 2.18 bits per heavy atom. The molecule has 2 aromatic rings. The number of H-pyrrole nitrogens is 1. The van der Waals surface area contributed by atoms with Crippen molar-refractivity contribution in [1.82, 2.24) is 14.5 Å². The number of aryl methyl sites for hydroxylation is 1. The summed E-state index contributed by atoms with van der Waals surface area (Å²) < 4.78 is 2.14. The number of nitrogens with zero attached hydrogens (tertiary/aromatic N) is 3. The van der Waals surface area contributed by atoms with Gasteiger partial charge in [0, 0.05) is 29.3 Å². The lowest BCUT2D eigenvalue weighted by molar-refractivity contribution is -0.699. The lowest BCUT2D eigenvalue weighted by Gasteiger charge is -2.27. The molecule has 1 atom stereocenters. The van der Waals surface area contributed by atoms with E-state index in [9.17, 15) is 4.79 Å². The van der Waals surface area contributed by atoms with Gasteiger partial charge in [-0.3, -0.25) is 19.5 Å². The van der Waals surface area contributed by atoms with Crippen LogP contribution in [0.1, 0.15) is 19.5 Å². The van der Waals surface area contributed by atoms with E-state index in [4.69, 9.17) is 0 Å². The molecule has 28 heavy (non-hydrogen) atoms. The van der Waals surface area contributed by atoms with Crippen LogP contribution in [0.2, 0.25) is 0 Å². The Balaban J connectivity index is 1.50. The second-order valence-corrected chi connectivity index (χ2v) is 7.60. The molecule has 2 aliphatic rings. The highest BCUT2D eigenvalue weighted by molar-refractivity contribution is 7.97. The number of quaternary nitrogens is 1. The van der Waals surface area contributed by atoms with E-state index >= 15 is 0 Å². The van der Waals surface area contributed by atoms with Crippen LogP contribution < -0.4 is 15.5 Å². The maximum atomic E-state index is 11.2. The first-order valence-electron chi connectivity index (χ1n) is 9.07. The van der Waals surface area contributed by atoms with Crippen molar-refractivity contribution in [2.45, 2.75) is 25.2 Å². The zero-order valence-corrected chi connectivity index (χ0v) is 16.5. The predicted octanol–water partition coefficient (Wildman–Crippen LogP) is 1.93. The van der Waals surface area contributed by atoms with E-state index in [0.29, 0.717) is 6.54 Å². The number of fused-ring (bicyclic) bond motifs is 1. The number of aromatic nitrogens is 2. The van der Waals surface area contributed by atoms with Gasteiger partial charge in [0.25, 0.3) is 0 Å². The SMILES string of the molecule is CCc1cc(NC2=CN(Sc3ccc(NC(C)=O)cc3)CC3=NC=C[NH+]23)n[nH]1. The molecule has 8 nitrogen and oxygen atoms in total. The van der Waals surface area contributed by atoms with Gasteiger partial charge in [-0.2, -0.15) is 5.10 Å². The average Bonchev–Trinajstić information content (AvgIpc) is 3.32. The maximum absolute atomic E-state index is 11.2. The number of hydrogen-bond acceptors (Lipinski definition) is 6. The van der Waals surface area contributed by atoms with Crippen molar-refractivity contribution in [3.63, 3.8) is 0 Å². The van der Waals surface area contributed by atoms with Gasteiger partial charge >= 0.3 is 0 Å². The summed E-state index contributed by atoms with van der Waals surface area (Å²) in [5, 5.41) is 13.5. The van der Waals surface area contributed by atoms with Gasteiger partial charge in [-0.25, -0.2) is 9.89 Å². The first-order chi connectivity index (χ1) is 13.6. The number of rotatable bonds is 6. The van der Waals surface area contributed by atoms with Crippen molar-refractivity contribution < 1.29 is 9.69 Å². The van der Waals surface area contributed by atoms with Crippen molar-refractivity contribution in [1.29, 1.82) is 0 Å². The molecule has 0 saturated carbocycles. The third-order valence-corrected chi connectivity index (χ3v) is 5.28. The second kappa shape index (κ2) is 7.91. The van der Waals surface area contributed by atoms with Crippen LogP contribution in [-0.2, 0) is 11.2 Å². The fraction of sp³-hybridized carbons (Fsp3) is 0.211. The number of hydrogen-bond donors (Lipinski definition) is 4. The van der Waals surface area contributed by atoms with Gasteiger partial charge in [0.2, 0.25) is 17.6 Å². The van der Waals surface area contributed by atoms with Crippen LogP contribution in [0, 0.1) is 0 Å². The van der Waals surface area contributed by atoms with Crippen LogP contribution >= 0.6 is 11.9 Å². The number of aliphatic imine (C=N–C) groups is 1. The number of aromatic amines is 1. The van der Waals surface area contributed by atoms with Gasteiger partial charge in [0.05, 0.1) is 12.4 Å². The number of carbonyl (C=O) groups excluding carboxylic acids is 1. The highest BCUT2D eigenvalue weighted by Crippen LogP contribution is 2.26. The number of benzene rings is 1. The lowest BCUT2D eigenvalue weighted by Crippen LogP contribution is -3.10. The number of amides is 1. The summed E-state index contributed by atoms with van der Waals surface area (Å²) in [7, 11) is 0. The highest BCUT2D eigenvalue weighted by atomic mass is 32.2. The van der Waals surface area contributed by atoms with E-state index in [1.54, 1.807) is 11.9 Å². The number of amidine groups is 1. The van der Waals surface area contributed by atoms with Gasteiger partial charge in [-0.05, 0) is 42.6 Å². The van der Waals surface area contributed by atoms with E-state index in [2.05, 4.69) is 43.3 Å². The summed E-state index contributed by atoms with van der Waals surface area (Å²) in [6.45, 7) is 4.31. The molecule has 4 rings (SSSR count). The van der Waals surface area contributed by atoms with Gasteiger partial charge in [0.1, 0.15) is 12.7 Å². The normalized spacial score (nSPS) is 17.8. The lowest BCUT2D eigenvalue weighted by atomic mass is 10.3. The predicted molar refractivity (Wildman–Crippen MR) is 111 cm³/mol. The number of nitrogens with one attached hydrogen (secondary N) is 4. The molecule has 0 bridgehead atoms. The average molecular weight is 397 g/mol. The van der Waals surface area contributed by atoms with Crippen LogP contribution in [0.4, 0.5) is 11.5 Å². The Kier molecular flexibility index (Phi) is 5.18. The molecule has 1 amide bonds. The molecular formula is C19H22N7OS+. The third kappa shape index (κ3) is 4.10. The maximum Gasteiger partial charge on any atom is 0.233 e. The molecule has 0 saturated heterocycles. The fourth-order valence-corrected chi connectivity index (χ4v) is 3.86. The quantitative estimate of drug-likeness (QED) is 0.561. The highest BCUT2D eigenvalue weighted by Gasteiger charge is 2.32. The Labute approximate surface area is 167 Å². The molecule has 1 aromatic heterocycles. The van der Waals surface area contributed by atoms with Crippen molar-refractivity contribution in [3.05, 3.63) is 60.4 Å². The molecule has 0 fully saturated rings. The molecule has 4 N–H and O–H groups in total. The summed E-state index contributed by atoms with van der Waals surface area (Å²) in [4.78, 5) is 17.8. The van der Waals surface area contributed by atoms with E-state index < -0.39 is 0 Å². The summed E-state index contributed by atoms with van der Waals surface area (Å²) in [5.41, 5.74) is 1.88. The minimum absolute atomic E-state index is 0.0745. The van der Waals surface area contributed by atoms with E-state index in [0.717, 1.165) is 45.1 Å². The largest absolute Gasteiger partial charge is 0.326 e. The molecule has 9 heteroatoms. The minimum atomic E-state index is -0.0745. The Hall–Kier alpha value is -3.04. The number of carbonyl (C=O) groups is 1. The van der Waals surface area contributed by atoms with Gasteiger partial charge < -0.3 is 5.32 Å². The summed E-state index contributed by atoms with van der Waals surface area (Å²) in [6.07, 6.45) is 6.84. The van der Waals surface area contributed by atoms with Crippen molar-refractivity contribution in [2.75, 3.05) is 17.2 Å². The van der Waals surface area contributed by atoms with E-state index in [1.807, 2.05) is 42.7 Å². The Bertz CT molecular complexity index is 961. The van der Waals surface area contributed by atoms with Crippen molar-refractivity contribution in [3.8, 4) is 0 Å². The zero-order valence-electron chi connectivity index (χ0n) is 15.7. The standard InChI is InChI=1S/C19H21N7OS/c1-3-14-10-17(24-23-14)22-19-12-25(11-18-20-8-9-26(18)19)28-16-6-4-15(5-7-16)21-13(2)27/h4-10,12H,3,11H2,1-2H3,(H,21,27)(H2,22,23,24)/p+1. The molecule has 144 valence electrons. The molecule has 0 aliphatic carbocycles. The van der Waals surface area contributed by atoms with Crippen LogP contribution in [0.25, 0.3) is 0 Å². The van der Waals surface area contributed by atoms with Gasteiger partial charge in [0.15, 0.2) is 5.82 Å². The fourth-order valence-electron chi connectivity index (χ4n) is 2.99. The van der Waals surface area contributed by atoms with Crippen LogP contribution in [0.5, 0.6) is 0 Å². The monoisotopic (exact) mass is 396 g/mol. The summed E-state index contributed by atoms with van der Waals surface area (Å²) in [6, 6.07) is 9.80. The molecule has 0 spiro atoms. The molecular weight excluding hydrogens is 374 g/mol. The van der Waals surface area contributed by atoms with Crippen molar-refractivity contribution >= 4 is 35.2 Å². The molecule has 2 aliphatic heterocycles. The third-order valence-electron chi connectivity index (χ3n) is 4.32. The Morgan fingerprint density at radius 1 is 1.36 bits per heavy atom. The van der Waals surface area contributed by atoms with Crippen LogP contribution in [-0.4, -0.2) is 32.8 Å².